The molecule has 0 saturated carbocycles. The van der Waals surface area contributed by atoms with Crippen LogP contribution in [0.15, 0.2) is 30.3 Å². The van der Waals surface area contributed by atoms with Crippen molar-refractivity contribution in [3.05, 3.63) is 36.0 Å². The van der Waals surface area contributed by atoms with Gasteiger partial charge in [-0.1, -0.05) is 26.2 Å². The number of nitrogens with zero attached hydrogens (tertiary/aromatic N) is 1. The maximum atomic E-state index is 11.3. The molecule has 0 aliphatic rings. The highest BCUT2D eigenvalue weighted by molar-refractivity contribution is 14.2. The molecule has 1 aromatic carbocycles. The van der Waals surface area contributed by atoms with Crippen molar-refractivity contribution in [3.63, 3.8) is 0 Å². The molecule has 0 aliphatic heterocycles. The quantitative estimate of drug-likeness (QED) is 0.448. The molecule has 102 valence electrons. The van der Waals surface area contributed by atoms with Crippen LogP contribution in [-0.2, 0) is 18.3 Å². The van der Waals surface area contributed by atoms with Crippen LogP contribution in [0.2, 0.25) is 0 Å². The summed E-state index contributed by atoms with van der Waals surface area (Å²) in [5.41, 5.74) is 1.23. The van der Waals surface area contributed by atoms with Crippen LogP contribution in [0.25, 0.3) is 10.9 Å². The monoisotopic (exact) mass is 411 g/mol. The summed E-state index contributed by atoms with van der Waals surface area (Å²) in [4.78, 5) is 11.3. The molecule has 0 spiro atoms. The van der Waals surface area contributed by atoms with Gasteiger partial charge in [0.05, 0.1) is 6.61 Å². The number of aromatic carboxylic acids is 1. The molecular formula is C12H13INO3PS. The van der Waals surface area contributed by atoms with E-state index in [4.69, 9.17) is 5.46 Å². The van der Waals surface area contributed by atoms with Gasteiger partial charge in [0.15, 0.2) is 0 Å². The Labute approximate surface area is 129 Å². The smallest absolute Gasteiger partial charge is 0.352 e. The van der Waals surface area contributed by atoms with Crippen molar-refractivity contribution in [2.24, 2.45) is 0 Å². The molecule has 1 N–H and O–H groups in total. The van der Waals surface area contributed by atoms with E-state index in [1.165, 1.54) is 0 Å². The molecule has 1 atom stereocenters. The zero-order chi connectivity index (χ0) is 14.5. The number of aryl methyl sites for hydroxylation is 1. The highest BCUT2D eigenvalue weighted by Gasteiger charge is 2.13. The molecule has 0 bridgehead atoms. The fourth-order valence-electron chi connectivity index (χ4n) is 1.98. The summed E-state index contributed by atoms with van der Waals surface area (Å²) in [7, 11) is 0.0965. The van der Waals surface area contributed by atoms with E-state index < -0.39 is 5.97 Å². The Morgan fingerprint density at radius 3 is 3.11 bits per heavy atom. The maximum Gasteiger partial charge on any atom is 0.352 e. The lowest BCUT2D eigenvalue weighted by Crippen LogP contribution is -2.09. The largest absolute Gasteiger partial charge is 0.477 e. The molecule has 2 aromatic rings. The fraction of sp³-hybridized carbons (Fsp3) is 0.250. The second-order valence-corrected chi connectivity index (χ2v) is 10.1. The van der Waals surface area contributed by atoms with Gasteiger partial charge in [0.1, 0.15) is 6.97 Å². The van der Waals surface area contributed by atoms with E-state index in [1.807, 2.05) is 28.8 Å². The molecule has 0 fully saturated rings. The number of benzene rings is 1. The average molecular weight is 411 g/mol. The summed E-state index contributed by atoms with van der Waals surface area (Å²) in [6.07, 6.45) is 0.723. The van der Waals surface area contributed by atoms with E-state index in [0.717, 1.165) is 17.3 Å². The van der Waals surface area contributed by atoms with Gasteiger partial charge in [-0.2, -0.15) is 0 Å². The molecule has 1 unspecified atom stereocenters. The van der Waals surface area contributed by atoms with Gasteiger partial charge >= 0.3 is 5.97 Å². The lowest BCUT2D eigenvalue weighted by molar-refractivity contribution is 0.0685. The summed E-state index contributed by atoms with van der Waals surface area (Å²) in [6.45, 7) is 1.13. The van der Waals surface area contributed by atoms with Crippen molar-refractivity contribution >= 4 is 53.6 Å². The van der Waals surface area contributed by atoms with Gasteiger partial charge in [0.25, 0.3) is 0 Å². The molecule has 1 heterocycles. The van der Waals surface area contributed by atoms with Crippen LogP contribution in [0, 0.1) is 0 Å². The first kappa shape index (κ1) is 13.5. The van der Waals surface area contributed by atoms with Crippen LogP contribution in [-0.4, -0.2) is 23.5 Å². The van der Waals surface area contributed by atoms with Gasteiger partial charge in [-0.15, -0.1) is 0 Å². The number of carbonyl (C=O) groups is 1. The van der Waals surface area contributed by atoms with Crippen LogP contribution >= 0.6 is 29.2 Å². The summed E-state index contributed by atoms with van der Waals surface area (Å²) in [5, 5.41) is 10.2. The fourth-order valence-corrected chi connectivity index (χ4v) is 3.00. The number of rotatable bonds is 6. The lowest BCUT2D eigenvalue weighted by Gasteiger charge is -2.08. The highest BCUT2D eigenvalue weighted by Crippen LogP contribution is 2.20. The first-order valence-corrected chi connectivity index (χ1v) is 10.4. The molecule has 0 radical (unpaired) electrons. The van der Waals surface area contributed by atoms with Crippen molar-refractivity contribution in [1.82, 2.24) is 4.57 Å². The molecular weight excluding hydrogens is 396 g/mol. The number of para-hydroxylation sites is 1. The molecule has 0 aliphatic carbocycles. The summed E-state index contributed by atoms with van der Waals surface area (Å²) in [5.74, 6) is -0.916. The number of carboxylic acid groups (broad SMARTS) is 1. The Balaban J connectivity index is 2.15. The summed E-state index contributed by atoms with van der Waals surface area (Å²) >= 11 is 2.09. The summed E-state index contributed by atoms with van der Waals surface area (Å²) < 4.78 is 14.4. The number of hydrogen-bond acceptors (Lipinski definition) is 2. The molecule has 0 amide bonds. The Morgan fingerprint density at radius 2 is 2.37 bits per heavy atom. The highest BCUT2D eigenvalue weighted by atomic mass is 127. The molecule has 19 heavy (non-hydrogen) atoms. The van der Waals surface area contributed by atoms with E-state index >= 15 is 0 Å². The molecule has 7 heteroatoms. The van der Waals surface area contributed by atoms with E-state index in [2.05, 4.69) is 21.2 Å². The standard InChI is InChI=1S/C12H13INO3PS/c13-19(18)17-7-3-6-14-10-5-2-1-4-9(10)8-11(14)12(15)16/h1-2,4-5,8,18H,3,6-7H2,(H,15,16)/i18T. The van der Waals surface area contributed by atoms with Crippen molar-refractivity contribution in [1.29, 1.82) is 1.28 Å². The van der Waals surface area contributed by atoms with Crippen LogP contribution in [0.5, 0.6) is 0 Å². The Hall–Kier alpha value is -0.430. The predicted octanol–water partition coefficient (Wildman–Crippen LogP) is 3.69. The zero-order valence-electron chi connectivity index (χ0n) is 11.0. The zero-order valence-corrected chi connectivity index (χ0v) is 13.8. The van der Waals surface area contributed by atoms with Crippen molar-refractivity contribution in [2.45, 2.75) is 13.0 Å². The second-order valence-electron chi connectivity index (χ2n) is 3.93. The van der Waals surface area contributed by atoms with Crippen molar-refractivity contribution in [3.8, 4) is 0 Å². The third-order valence-electron chi connectivity index (χ3n) is 2.74. The molecule has 0 saturated heterocycles. The predicted molar refractivity (Wildman–Crippen MR) is 89.2 cm³/mol. The van der Waals surface area contributed by atoms with E-state index in [1.54, 1.807) is 6.07 Å². The Morgan fingerprint density at radius 1 is 1.58 bits per heavy atom. The first-order valence-electron chi connectivity index (χ1n) is 6.09. The van der Waals surface area contributed by atoms with Gasteiger partial charge in [-0.05, 0) is 18.6 Å². The van der Waals surface area contributed by atoms with Crippen molar-refractivity contribution in [2.75, 3.05) is 6.61 Å². The van der Waals surface area contributed by atoms with Gasteiger partial charge < -0.3 is 13.9 Å². The Bertz CT molecular complexity index is 661. The van der Waals surface area contributed by atoms with Gasteiger partial charge in [-0.3, -0.25) is 0 Å². The minimum absolute atomic E-state index is 0.304. The number of halogens is 1. The topological polar surface area (TPSA) is 51.5 Å². The summed E-state index contributed by atoms with van der Waals surface area (Å²) in [6, 6.07) is 9.34. The minimum Gasteiger partial charge on any atom is -0.477 e. The molecule has 1 aromatic heterocycles. The average Bonchev–Trinajstić information content (AvgIpc) is 2.82. The lowest BCUT2D eigenvalue weighted by atomic mass is 10.2. The second kappa shape index (κ2) is 6.83. The van der Waals surface area contributed by atoms with Crippen LogP contribution in [0.1, 0.15) is 16.9 Å². The number of aromatic nitrogens is 1. The molecule has 2 rings (SSSR count). The van der Waals surface area contributed by atoms with Gasteiger partial charge in [0.2, 0.25) is 0 Å². The van der Waals surface area contributed by atoms with E-state index in [0.29, 0.717) is 26.8 Å². The minimum atomic E-state index is -0.916. The van der Waals surface area contributed by atoms with E-state index in [-0.39, 0.29) is 7.53 Å². The van der Waals surface area contributed by atoms with Gasteiger partial charge in [0, 0.05) is 46.2 Å². The third kappa shape index (κ3) is 3.78. The number of carboxylic acids is 1. The van der Waals surface area contributed by atoms with Crippen LogP contribution in [0.4, 0.5) is 0 Å². The SMILES string of the molecule is [3H]P=S(I)OCCCn1c(C(=O)O)cc2ccccc21. The Kier molecular flexibility index (Phi) is 4.87. The van der Waals surface area contributed by atoms with Crippen LogP contribution < -0.4 is 0 Å². The normalized spacial score (nSPS) is 13.6. The third-order valence-corrected chi connectivity index (χ3v) is 4.18. The van der Waals surface area contributed by atoms with E-state index in [9.17, 15) is 9.90 Å². The van der Waals surface area contributed by atoms with Crippen LogP contribution in [0.3, 0.4) is 0 Å². The molecule has 4 nitrogen and oxygen atoms in total. The first-order chi connectivity index (χ1) is 9.63. The van der Waals surface area contributed by atoms with Gasteiger partial charge in [-0.25, -0.2) is 4.79 Å². The number of fused-ring (bicyclic) bond motifs is 1. The maximum absolute atomic E-state index is 11.3. The number of hydrogen-bond donors (Lipinski definition) is 1. The van der Waals surface area contributed by atoms with Crippen molar-refractivity contribution < 1.29 is 14.1 Å².